The van der Waals surface area contributed by atoms with Gasteiger partial charge in [0, 0.05) is 72.0 Å². The summed E-state index contributed by atoms with van der Waals surface area (Å²) in [6.45, 7) is 0. The SMILES string of the molecule is [B]B([B])B(I)B(B([B])[B])B([B])[B]. The van der Waals surface area contributed by atoms with Crippen LogP contribution in [-0.4, -0.2) is 76.3 Å². The van der Waals surface area contributed by atoms with Crippen LogP contribution in [0.15, 0.2) is 0 Å². The van der Waals surface area contributed by atoms with Crippen molar-refractivity contribution in [2.45, 2.75) is 0 Å². The Hall–Kier alpha value is 1.44. The summed E-state index contributed by atoms with van der Waals surface area (Å²) in [7, 11) is 32.8. The Morgan fingerprint density at radius 1 is 0.667 bits per heavy atom. The van der Waals surface area contributed by atoms with Gasteiger partial charge in [0.05, 0.1) is 0 Å². The molecule has 12 heteroatoms. The first-order valence-corrected chi connectivity index (χ1v) is 4.80. The average Bonchev–Trinajstić information content (AvgIpc) is 1.85. The lowest BCUT2D eigenvalue weighted by Gasteiger charge is -2.26. The van der Waals surface area contributed by atoms with E-state index in [9.17, 15) is 0 Å². The summed E-state index contributed by atoms with van der Waals surface area (Å²) < 4.78 is -0.123. The Balaban J connectivity index is 4.30. The molecule has 0 unspecified atom stereocenters. The molecule has 0 atom stereocenters. The van der Waals surface area contributed by atoms with Gasteiger partial charge in [0.25, 0.3) is 0 Å². The van der Waals surface area contributed by atoms with Crippen molar-refractivity contribution in [1.29, 1.82) is 0 Å². The average molecular weight is 246 g/mol. The van der Waals surface area contributed by atoms with Gasteiger partial charge in [0.1, 0.15) is 4.35 Å². The molecule has 0 N–H and O–H groups in total. The molecule has 0 aromatic carbocycles. The number of halogens is 1. The Bertz CT molecular complexity index is 108. The Kier molecular flexibility index (Phi) is 6.75. The van der Waals surface area contributed by atoms with E-state index in [1.807, 2.05) is 0 Å². The minimum Gasteiger partial charge on any atom is -0.173 e. The van der Waals surface area contributed by atoms with Gasteiger partial charge >= 0.3 is 0 Å². The summed E-state index contributed by atoms with van der Waals surface area (Å²) in [6.07, 6.45) is -1.98. The zero-order valence-electron chi connectivity index (χ0n) is 6.73. The molecule has 40 valence electrons. The molecule has 0 aliphatic carbocycles. The predicted molar refractivity (Wildman–Crippen MR) is 77.3 cm³/mol. The summed E-state index contributed by atoms with van der Waals surface area (Å²) in [5, 5.41) is 0. The summed E-state index contributed by atoms with van der Waals surface area (Å²) in [5.41, 5.74) is 0. The topological polar surface area (TPSA) is 0 Å². The third-order valence-electron chi connectivity index (χ3n) is 1.62. The van der Waals surface area contributed by atoms with Crippen molar-refractivity contribution in [2.75, 3.05) is 0 Å². The van der Waals surface area contributed by atoms with Gasteiger partial charge in [-0.25, -0.2) is 0 Å². The first kappa shape index (κ1) is 13.4. The summed E-state index contributed by atoms with van der Waals surface area (Å²) in [5.74, 6) is 0. The fourth-order valence-electron chi connectivity index (χ4n) is 0.938. The van der Waals surface area contributed by atoms with Gasteiger partial charge in [-0.1, -0.05) is 0 Å². The van der Waals surface area contributed by atoms with E-state index in [0.717, 1.165) is 0 Å². The van der Waals surface area contributed by atoms with Gasteiger partial charge in [-0.2, -0.15) is 22.4 Å². The highest BCUT2D eigenvalue weighted by atomic mass is 127. The van der Waals surface area contributed by atoms with E-state index in [-0.39, 0.29) is 10.7 Å². The van der Waals surface area contributed by atoms with E-state index < -0.39 is 19.2 Å². The van der Waals surface area contributed by atoms with Crippen LogP contribution in [0.3, 0.4) is 0 Å². The Labute approximate surface area is 98.2 Å². The van der Waals surface area contributed by atoms with Crippen molar-refractivity contribution >= 4 is 98.7 Å². The lowest BCUT2D eigenvalue weighted by Crippen LogP contribution is -2.64. The molecule has 0 amide bonds. The first-order valence-electron chi connectivity index (χ1n) is 3.55. The second-order valence-corrected chi connectivity index (χ2v) is 4.19. The van der Waals surface area contributed by atoms with Gasteiger partial charge in [0.2, 0.25) is 0 Å². The van der Waals surface area contributed by atoms with Crippen LogP contribution in [0.4, 0.5) is 0 Å². The standard InChI is InChI=1S/B11I/c1-7(2)10(8(3)4)11(12)9(5)6. The highest BCUT2D eigenvalue weighted by Gasteiger charge is 2.32. The van der Waals surface area contributed by atoms with Crippen LogP contribution in [0, 0.1) is 0 Å². The summed E-state index contributed by atoms with van der Waals surface area (Å²) in [6, 6.07) is 0. The quantitative estimate of drug-likeness (QED) is 0.360. The van der Waals surface area contributed by atoms with Crippen molar-refractivity contribution in [2.24, 2.45) is 0 Å². The summed E-state index contributed by atoms with van der Waals surface area (Å²) >= 11 is 2.05. The van der Waals surface area contributed by atoms with Crippen molar-refractivity contribution < 1.29 is 0 Å². The van der Waals surface area contributed by atoms with Crippen LogP contribution >= 0.6 is 22.4 Å². The van der Waals surface area contributed by atoms with Gasteiger partial charge in [-0.3, -0.25) is 0 Å². The molecule has 0 fully saturated rings. The molecule has 0 aromatic heterocycles. The monoisotopic (exact) mass is 248 g/mol. The molecular formula is B11I. The fraction of sp³-hybridized carbons (Fsp3) is 0. The largest absolute Gasteiger partial charge is 0.173 e. The summed E-state index contributed by atoms with van der Waals surface area (Å²) in [4.78, 5) is 0. The van der Waals surface area contributed by atoms with Gasteiger partial charge in [-0.05, 0) is 0 Å². The highest BCUT2D eigenvalue weighted by Crippen LogP contribution is 2.03. The Morgan fingerprint density at radius 3 is 1.08 bits per heavy atom. The molecule has 0 spiro atoms. The normalized spacial score (nSPS) is 8.75. The van der Waals surface area contributed by atoms with Gasteiger partial charge in [0.15, 0.2) is 0 Å². The molecule has 0 rings (SSSR count). The van der Waals surface area contributed by atoms with Crippen LogP contribution < -0.4 is 0 Å². The first-order chi connectivity index (χ1) is 5.37. The van der Waals surface area contributed by atoms with Crippen LogP contribution in [0.2, 0.25) is 0 Å². The lowest BCUT2D eigenvalue weighted by atomic mass is 8.60. The van der Waals surface area contributed by atoms with Crippen molar-refractivity contribution in [3.63, 3.8) is 0 Å². The van der Waals surface area contributed by atoms with E-state index in [2.05, 4.69) is 22.4 Å². The third kappa shape index (κ3) is 4.10. The molecule has 0 heterocycles. The molecule has 0 saturated carbocycles. The lowest BCUT2D eigenvalue weighted by molar-refractivity contribution is 3.53. The zero-order valence-corrected chi connectivity index (χ0v) is 8.89. The van der Waals surface area contributed by atoms with Crippen molar-refractivity contribution in [1.82, 2.24) is 0 Å². The van der Waals surface area contributed by atoms with E-state index >= 15 is 0 Å². The van der Waals surface area contributed by atoms with E-state index in [4.69, 9.17) is 46.4 Å². The van der Waals surface area contributed by atoms with Gasteiger partial charge < -0.3 is 0 Å². The van der Waals surface area contributed by atoms with Gasteiger partial charge in [-0.15, -0.1) is 0 Å². The van der Waals surface area contributed by atoms with Crippen LogP contribution in [0.5, 0.6) is 0 Å². The number of hydrogen-bond acceptors (Lipinski definition) is 0. The number of hydrogen-bond donors (Lipinski definition) is 0. The molecule has 0 nitrogen and oxygen atoms in total. The van der Waals surface area contributed by atoms with E-state index in [1.165, 1.54) is 0 Å². The molecule has 0 saturated heterocycles. The molecule has 0 bridgehead atoms. The van der Waals surface area contributed by atoms with E-state index in [0.29, 0.717) is 0 Å². The molecule has 0 aromatic rings. The second-order valence-electron chi connectivity index (χ2n) is 2.75. The van der Waals surface area contributed by atoms with Crippen LogP contribution in [0.25, 0.3) is 0 Å². The maximum absolute atomic E-state index is 5.48. The smallest absolute Gasteiger partial charge is 0.120 e. The minimum atomic E-state index is -0.596. The maximum Gasteiger partial charge on any atom is 0.120 e. The number of rotatable bonds is 4. The van der Waals surface area contributed by atoms with Crippen LogP contribution in [0.1, 0.15) is 0 Å². The zero-order chi connectivity index (χ0) is 9.89. The fourth-order valence-corrected chi connectivity index (χ4v) is 1.90. The third-order valence-corrected chi connectivity index (χ3v) is 3.29. The minimum absolute atomic E-state index is 0.123. The molecule has 12 heavy (non-hydrogen) atoms. The predicted octanol–water partition coefficient (Wildman–Crippen LogP) is -3.30. The molecule has 0 aliphatic heterocycles. The molecular weight excluding hydrogens is 246 g/mol. The Morgan fingerprint density at radius 2 is 1.00 bits per heavy atom. The van der Waals surface area contributed by atoms with Crippen molar-refractivity contribution in [3.8, 4) is 0 Å². The van der Waals surface area contributed by atoms with E-state index in [1.54, 1.807) is 0 Å². The molecule has 0 aliphatic rings. The molecule has 12 radical (unpaired) electrons. The van der Waals surface area contributed by atoms with Crippen LogP contribution in [-0.2, 0) is 0 Å². The maximum atomic E-state index is 5.48. The van der Waals surface area contributed by atoms with Crippen molar-refractivity contribution in [3.05, 3.63) is 0 Å². The second kappa shape index (κ2) is 6.03. The highest BCUT2D eigenvalue weighted by molar-refractivity contribution is 14.1.